The average molecular weight is 313 g/mol. The van der Waals surface area contributed by atoms with Gasteiger partial charge in [0, 0.05) is 10.9 Å². The molecule has 1 saturated carbocycles. The van der Waals surface area contributed by atoms with E-state index in [4.69, 9.17) is 4.74 Å². The predicted octanol–water partition coefficient (Wildman–Crippen LogP) is 5.25. The molecule has 1 aromatic heterocycles. The number of carbonyl (C=O) groups excluding carboxylic acids is 1. The number of aromatic nitrogens is 1. The van der Waals surface area contributed by atoms with Gasteiger partial charge < -0.3 is 9.72 Å². The number of hydrogen-bond donors (Lipinski definition) is 1. The van der Waals surface area contributed by atoms with E-state index >= 15 is 0 Å². The molecule has 0 spiro atoms. The summed E-state index contributed by atoms with van der Waals surface area (Å²) in [6.07, 6.45) is 10.4. The highest BCUT2D eigenvalue weighted by Gasteiger charge is 2.19. The quantitative estimate of drug-likeness (QED) is 0.740. The number of para-hydroxylation sites is 1. The van der Waals surface area contributed by atoms with Gasteiger partial charge in [-0.25, -0.2) is 4.79 Å². The molecule has 0 radical (unpaired) electrons. The first-order valence-corrected chi connectivity index (χ1v) is 9.06. The number of hydrogen-bond acceptors (Lipinski definition) is 2. The third kappa shape index (κ3) is 3.77. The normalized spacial score (nSPS) is 15.9. The summed E-state index contributed by atoms with van der Waals surface area (Å²) in [4.78, 5) is 15.5. The van der Waals surface area contributed by atoms with E-state index in [1.807, 2.05) is 25.1 Å². The van der Waals surface area contributed by atoms with Gasteiger partial charge >= 0.3 is 5.97 Å². The van der Waals surface area contributed by atoms with Gasteiger partial charge in [-0.15, -0.1) is 0 Å². The van der Waals surface area contributed by atoms with Gasteiger partial charge in [0.25, 0.3) is 0 Å². The standard InChI is InChI=1S/C20H27NO2/c1-2-23-20(22)19-17(16-12-6-7-14-18(16)21-19)13-8-11-15-9-4-3-5-10-15/h6-7,12,14-15,21H,2-5,8-11,13H2,1H3. The number of benzene rings is 1. The Morgan fingerprint density at radius 1 is 1.22 bits per heavy atom. The Kier molecular flexibility index (Phi) is 5.37. The van der Waals surface area contributed by atoms with Gasteiger partial charge in [0.15, 0.2) is 0 Å². The predicted molar refractivity (Wildman–Crippen MR) is 93.8 cm³/mol. The molecule has 3 nitrogen and oxygen atoms in total. The number of carbonyl (C=O) groups is 1. The van der Waals surface area contributed by atoms with Crippen LogP contribution in [0.1, 0.15) is 67.9 Å². The number of rotatable bonds is 6. The van der Waals surface area contributed by atoms with Crippen molar-refractivity contribution in [2.24, 2.45) is 5.92 Å². The van der Waals surface area contributed by atoms with Crippen LogP contribution in [0.5, 0.6) is 0 Å². The zero-order valence-electron chi connectivity index (χ0n) is 14.1. The summed E-state index contributed by atoms with van der Waals surface area (Å²) in [5, 5.41) is 1.17. The van der Waals surface area contributed by atoms with Gasteiger partial charge in [0.2, 0.25) is 0 Å². The molecule has 0 atom stereocenters. The molecule has 1 aromatic carbocycles. The molecule has 0 bridgehead atoms. The first-order valence-electron chi connectivity index (χ1n) is 9.06. The highest BCUT2D eigenvalue weighted by molar-refractivity contribution is 5.98. The number of fused-ring (bicyclic) bond motifs is 1. The minimum atomic E-state index is -0.226. The van der Waals surface area contributed by atoms with Crippen LogP contribution >= 0.6 is 0 Å². The Morgan fingerprint density at radius 3 is 2.78 bits per heavy atom. The number of esters is 1. The van der Waals surface area contributed by atoms with Crippen LogP contribution < -0.4 is 0 Å². The second-order valence-electron chi connectivity index (χ2n) is 6.64. The Morgan fingerprint density at radius 2 is 2.00 bits per heavy atom. The summed E-state index contributed by atoms with van der Waals surface area (Å²) >= 11 is 0. The van der Waals surface area contributed by atoms with Gasteiger partial charge in [-0.3, -0.25) is 0 Å². The summed E-state index contributed by atoms with van der Waals surface area (Å²) < 4.78 is 5.22. The molecule has 124 valence electrons. The molecule has 0 saturated heterocycles. The third-order valence-corrected chi connectivity index (χ3v) is 5.06. The van der Waals surface area contributed by atoms with Crippen LogP contribution in [0.25, 0.3) is 10.9 Å². The number of aryl methyl sites for hydroxylation is 1. The lowest BCUT2D eigenvalue weighted by atomic mass is 9.85. The first kappa shape index (κ1) is 16.1. The number of aromatic amines is 1. The minimum Gasteiger partial charge on any atom is -0.461 e. The van der Waals surface area contributed by atoms with Crippen LogP contribution in [0.15, 0.2) is 24.3 Å². The fraction of sp³-hybridized carbons (Fsp3) is 0.550. The lowest BCUT2D eigenvalue weighted by Crippen LogP contribution is -2.09. The van der Waals surface area contributed by atoms with Crippen LogP contribution in [0.2, 0.25) is 0 Å². The zero-order chi connectivity index (χ0) is 16.1. The molecule has 0 amide bonds. The second kappa shape index (κ2) is 7.67. The van der Waals surface area contributed by atoms with Gasteiger partial charge in [-0.2, -0.15) is 0 Å². The lowest BCUT2D eigenvalue weighted by molar-refractivity contribution is 0.0519. The molecule has 3 heteroatoms. The molecule has 1 N–H and O–H groups in total. The van der Waals surface area contributed by atoms with E-state index in [2.05, 4.69) is 11.1 Å². The van der Waals surface area contributed by atoms with Crippen LogP contribution in [0.3, 0.4) is 0 Å². The van der Waals surface area contributed by atoms with Crippen LogP contribution in [-0.4, -0.2) is 17.6 Å². The monoisotopic (exact) mass is 313 g/mol. The SMILES string of the molecule is CCOC(=O)c1[nH]c2ccccc2c1CCCC1CCCCC1. The fourth-order valence-corrected chi connectivity index (χ4v) is 3.88. The molecule has 3 rings (SSSR count). The molecule has 1 heterocycles. The van der Waals surface area contributed by atoms with Crippen LogP contribution in [0.4, 0.5) is 0 Å². The number of nitrogens with one attached hydrogen (secondary N) is 1. The maximum absolute atomic E-state index is 12.2. The van der Waals surface area contributed by atoms with E-state index in [0.29, 0.717) is 12.3 Å². The van der Waals surface area contributed by atoms with Crippen molar-refractivity contribution in [1.29, 1.82) is 0 Å². The highest BCUT2D eigenvalue weighted by atomic mass is 16.5. The number of ether oxygens (including phenoxy) is 1. The van der Waals surface area contributed by atoms with Gasteiger partial charge in [0.05, 0.1) is 6.61 Å². The molecular formula is C20H27NO2. The van der Waals surface area contributed by atoms with Crippen LogP contribution in [-0.2, 0) is 11.2 Å². The van der Waals surface area contributed by atoms with Gasteiger partial charge in [-0.1, -0.05) is 56.7 Å². The van der Waals surface area contributed by atoms with Crippen molar-refractivity contribution in [2.75, 3.05) is 6.61 Å². The Hall–Kier alpha value is -1.77. The van der Waals surface area contributed by atoms with E-state index in [1.165, 1.54) is 43.9 Å². The first-order chi connectivity index (χ1) is 11.3. The summed E-state index contributed by atoms with van der Waals surface area (Å²) in [5.41, 5.74) is 2.81. The van der Waals surface area contributed by atoms with E-state index in [1.54, 1.807) is 0 Å². The number of H-pyrrole nitrogens is 1. The highest BCUT2D eigenvalue weighted by Crippen LogP contribution is 2.30. The summed E-state index contributed by atoms with van der Waals surface area (Å²) in [6.45, 7) is 2.26. The van der Waals surface area contributed by atoms with Crippen LogP contribution in [0, 0.1) is 5.92 Å². The van der Waals surface area contributed by atoms with Crippen molar-refractivity contribution in [2.45, 2.75) is 58.3 Å². The maximum Gasteiger partial charge on any atom is 0.355 e. The van der Waals surface area contributed by atoms with E-state index < -0.39 is 0 Å². The van der Waals surface area contributed by atoms with Gasteiger partial charge in [0.1, 0.15) is 5.69 Å². The molecule has 0 aliphatic heterocycles. The van der Waals surface area contributed by atoms with Crippen molar-refractivity contribution in [3.8, 4) is 0 Å². The smallest absolute Gasteiger partial charge is 0.355 e. The second-order valence-corrected chi connectivity index (χ2v) is 6.64. The van der Waals surface area contributed by atoms with Crippen molar-refractivity contribution >= 4 is 16.9 Å². The van der Waals surface area contributed by atoms with E-state index in [9.17, 15) is 4.79 Å². The van der Waals surface area contributed by atoms with E-state index in [0.717, 1.165) is 29.8 Å². The largest absolute Gasteiger partial charge is 0.461 e. The molecule has 1 aliphatic carbocycles. The fourth-order valence-electron chi connectivity index (χ4n) is 3.88. The third-order valence-electron chi connectivity index (χ3n) is 5.06. The summed E-state index contributed by atoms with van der Waals surface area (Å²) in [7, 11) is 0. The van der Waals surface area contributed by atoms with Crippen molar-refractivity contribution < 1.29 is 9.53 Å². The van der Waals surface area contributed by atoms with Crippen molar-refractivity contribution in [3.05, 3.63) is 35.5 Å². The van der Waals surface area contributed by atoms with Gasteiger partial charge in [-0.05, 0) is 37.3 Å². The minimum absolute atomic E-state index is 0.226. The van der Waals surface area contributed by atoms with E-state index in [-0.39, 0.29) is 5.97 Å². The van der Waals surface area contributed by atoms with Crippen molar-refractivity contribution in [3.63, 3.8) is 0 Å². The summed E-state index contributed by atoms with van der Waals surface area (Å²) in [5.74, 6) is 0.663. The summed E-state index contributed by atoms with van der Waals surface area (Å²) in [6, 6.07) is 8.17. The Balaban J connectivity index is 1.74. The Bertz CT molecular complexity index is 653. The Labute approximate surface area is 138 Å². The van der Waals surface area contributed by atoms with Crippen molar-refractivity contribution in [1.82, 2.24) is 4.98 Å². The lowest BCUT2D eigenvalue weighted by Gasteiger charge is -2.21. The maximum atomic E-state index is 12.2. The average Bonchev–Trinajstić information content (AvgIpc) is 2.95. The molecule has 2 aromatic rings. The molecule has 1 aliphatic rings. The molecular weight excluding hydrogens is 286 g/mol. The molecule has 0 unspecified atom stereocenters. The zero-order valence-corrected chi connectivity index (χ0v) is 14.1. The molecule has 1 fully saturated rings. The molecule has 23 heavy (non-hydrogen) atoms. The topological polar surface area (TPSA) is 42.1 Å².